The fraction of sp³-hybridized carbons (Fsp3) is 0.529. The number of rotatable bonds is 4. The molecule has 0 amide bonds. The van der Waals surface area contributed by atoms with Crippen LogP contribution >= 0.6 is 0 Å². The second-order valence-electron chi connectivity index (χ2n) is 6.35. The maximum Gasteiger partial charge on any atom is 0.165 e. The molecule has 0 unspecified atom stereocenters. The van der Waals surface area contributed by atoms with Gasteiger partial charge in [0.2, 0.25) is 0 Å². The molecule has 1 aliphatic heterocycles. The van der Waals surface area contributed by atoms with E-state index in [9.17, 15) is 0 Å². The van der Waals surface area contributed by atoms with E-state index in [0.29, 0.717) is 0 Å². The van der Waals surface area contributed by atoms with Crippen LogP contribution in [0.15, 0.2) is 24.3 Å². The summed E-state index contributed by atoms with van der Waals surface area (Å²) in [7, 11) is 1.99. The van der Waals surface area contributed by atoms with Crippen LogP contribution in [0.5, 0.6) is 0 Å². The van der Waals surface area contributed by atoms with Gasteiger partial charge in [0.1, 0.15) is 0 Å². The van der Waals surface area contributed by atoms with Gasteiger partial charge in [0.15, 0.2) is 11.6 Å². The lowest BCUT2D eigenvalue weighted by atomic mass is 10.1. The van der Waals surface area contributed by atoms with Crippen LogP contribution < -0.4 is 0 Å². The Bertz CT molecular complexity index is 619. The van der Waals surface area contributed by atoms with Gasteiger partial charge in [0, 0.05) is 12.6 Å². The Morgan fingerprint density at radius 2 is 1.81 bits per heavy atom. The number of aryl methyl sites for hydroxylation is 1. The van der Waals surface area contributed by atoms with Crippen molar-refractivity contribution in [3.63, 3.8) is 0 Å². The molecule has 2 heterocycles. The van der Waals surface area contributed by atoms with E-state index in [1.54, 1.807) is 0 Å². The zero-order valence-corrected chi connectivity index (χ0v) is 12.6. The van der Waals surface area contributed by atoms with Crippen molar-refractivity contribution in [1.29, 1.82) is 0 Å². The Balaban J connectivity index is 1.54. The zero-order chi connectivity index (χ0) is 14.2. The molecule has 4 heteroatoms. The highest BCUT2D eigenvalue weighted by atomic mass is 15.3. The molecule has 1 saturated carbocycles. The van der Waals surface area contributed by atoms with Crippen LogP contribution in [-0.2, 0) is 13.6 Å². The van der Waals surface area contributed by atoms with Gasteiger partial charge in [0.05, 0.1) is 6.54 Å². The van der Waals surface area contributed by atoms with Crippen molar-refractivity contribution in [2.75, 3.05) is 13.1 Å². The predicted octanol–water partition coefficient (Wildman–Crippen LogP) is 2.96. The molecule has 1 aromatic carbocycles. The van der Waals surface area contributed by atoms with Gasteiger partial charge in [-0.05, 0) is 50.3 Å². The van der Waals surface area contributed by atoms with Gasteiger partial charge in [-0.25, -0.2) is 9.67 Å². The van der Waals surface area contributed by atoms with E-state index in [1.165, 1.54) is 49.9 Å². The first-order valence-electron chi connectivity index (χ1n) is 8.02. The Morgan fingerprint density at radius 3 is 2.48 bits per heavy atom. The highest BCUT2D eigenvalue weighted by Crippen LogP contribution is 2.40. The first-order valence-corrected chi connectivity index (χ1v) is 8.02. The second kappa shape index (κ2) is 5.26. The van der Waals surface area contributed by atoms with Gasteiger partial charge in [-0.2, -0.15) is 5.10 Å². The van der Waals surface area contributed by atoms with E-state index in [0.717, 1.165) is 24.1 Å². The van der Waals surface area contributed by atoms with Crippen LogP contribution in [-0.4, -0.2) is 32.8 Å². The lowest BCUT2D eigenvalue weighted by molar-refractivity contribution is 0.322. The van der Waals surface area contributed by atoms with Gasteiger partial charge >= 0.3 is 0 Å². The SMILES string of the molecule is Cn1nc(CN2CCCC2)nc1-c1ccc(C2CC2)cc1. The molecule has 1 aromatic heterocycles. The average molecular weight is 282 g/mol. The molecule has 4 rings (SSSR count). The van der Waals surface area contributed by atoms with Crippen LogP contribution in [0.4, 0.5) is 0 Å². The molecule has 110 valence electrons. The number of benzene rings is 1. The number of hydrogen-bond donors (Lipinski definition) is 0. The van der Waals surface area contributed by atoms with E-state index in [1.807, 2.05) is 11.7 Å². The number of likely N-dealkylation sites (tertiary alicyclic amines) is 1. The van der Waals surface area contributed by atoms with E-state index >= 15 is 0 Å². The maximum atomic E-state index is 4.74. The second-order valence-corrected chi connectivity index (χ2v) is 6.35. The normalized spacial score (nSPS) is 19.3. The number of aromatic nitrogens is 3. The summed E-state index contributed by atoms with van der Waals surface area (Å²) >= 11 is 0. The van der Waals surface area contributed by atoms with E-state index < -0.39 is 0 Å². The highest BCUT2D eigenvalue weighted by Gasteiger charge is 2.23. The fourth-order valence-corrected chi connectivity index (χ4v) is 3.22. The molecular formula is C17H22N4. The topological polar surface area (TPSA) is 34.0 Å². The summed E-state index contributed by atoms with van der Waals surface area (Å²) in [5.74, 6) is 2.73. The lowest BCUT2D eigenvalue weighted by Crippen LogP contribution is -2.19. The third-order valence-corrected chi connectivity index (χ3v) is 4.59. The zero-order valence-electron chi connectivity index (χ0n) is 12.6. The minimum absolute atomic E-state index is 0.810. The Labute approximate surface area is 125 Å². The summed E-state index contributed by atoms with van der Waals surface area (Å²) in [5, 5.41) is 4.58. The molecule has 2 aromatic rings. The lowest BCUT2D eigenvalue weighted by Gasteiger charge is -2.10. The number of hydrogen-bond acceptors (Lipinski definition) is 3. The van der Waals surface area contributed by atoms with Gasteiger partial charge in [0.25, 0.3) is 0 Å². The first kappa shape index (κ1) is 13.0. The summed E-state index contributed by atoms with van der Waals surface area (Å²) in [6.07, 6.45) is 5.32. The minimum atomic E-state index is 0.810. The summed E-state index contributed by atoms with van der Waals surface area (Å²) in [4.78, 5) is 7.18. The third-order valence-electron chi connectivity index (χ3n) is 4.59. The summed E-state index contributed by atoms with van der Waals surface area (Å²) in [6.45, 7) is 3.25. The van der Waals surface area contributed by atoms with Crippen molar-refractivity contribution in [2.24, 2.45) is 7.05 Å². The number of nitrogens with zero attached hydrogens (tertiary/aromatic N) is 4. The van der Waals surface area contributed by atoms with Gasteiger partial charge < -0.3 is 0 Å². The van der Waals surface area contributed by atoms with Gasteiger partial charge in [-0.3, -0.25) is 4.90 Å². The predicted molar refractivity (Wildman–Crippen MR) is 82.9 cm³/mol. The summed E-state index contributed by atoms with van der Waals surface area (Å²) in [6, 6.07) is 8.89. The Hall–Kier alpha value is -1.68. The van der Waals surface area contributed by atoms with Crippen LogP contribution in [0.3, 0.4) is 0 Å². The quantitative estimate of drug-likeness (QED) is 0.864. The molecule has 1 saturated heterocycles. The molecule has 2 fully saturated rings. The van der Waals surface area contributed by atoms with Crippen LogP contribution in [0.25, 0.3) is 11.4 Å². The van der Waals surface area contributed by atoms with Crippen molar-refractivity contribution in [3.05, 3.63) is 35.7 Å². The Morgan fingerprint density at radius 1 is 1.10 bits per heavy atom. The molecule has 4 nitrogen and oxygen atoms in total. The van der Waals surface area contributed by atoms with Crippen molar-refractivity contribution in [1.82, 2.24) is 19.7 Å². The largest absolute Gasteiger partial charge is 0.296 e. The maximum absolute atomic E-state index is 4.74. The summed E-state index contributed by atoms with van der Waals surface area (Å²) < 4.78 is 1.91. The van der Waals surface area contributed by atoms with Crippen LogP contribution in [0.2, 0.25) is 0 Å². The smallest absolute Gasteiger partial charge is 0.165 e. The van der Waals surface area contributed by atoms with Crippen LogP contribution in [0, 0.1) is 0 Å². The fourth-order valence-electron chi connectivity index (χ4n) is 3.22. The molecule has 0 N–H and O–H groups in total. The van der Waals surface area contributed by atoms with E-state index in [2.05, 4.69) is 34.3 Å². The van der Waals surface area contributed by atoms with Gasteiger partial charge in [-0.1, -0.05) is 24.3 Å². The molecule has 0 atom stereocenters. The monoisotopic (exact) mass is 282 g/mol. The molecule has 0 bridgehead atoms. The van der Waals surface area contributed by atoms with Crippen molar-refractivity contribution >= 4 is 0 Å². The molecule has 2 aliphatic rings. The van der Waals surface area contributed by atoms with Crippen molar-refractivity contribution in [2.45, 2.75) is 38.1 Å². The van der Waals surface area contributed by atoms with Crippen LogP contribution in [0.1, 0.15) is 43.0 Å². The highest BCUT2D eigenvalue weighted by molar-refractivity contribution is 5.56. The molecule has 21 heavy (non-hydrogen) atoms. The molecule has 0 radical (unpaired) electrons. The van der Waals surface area contributed by atoms with Gasteiger partial charge in [-0.15, -0.1) is 0 Å². The standard InChI is InChI=1S/C17H22N4/c1-20-17(15-8-6-14(7-9-15)13-4-5-13)18-16(19-20)12-21-10-2-3-11-21/h6-9,13H,2-5,10-12H2,1H3. The molecule has 0 spiro atoms. The first-order chi connectivity index (χ1) is 10.3. The van der Waals surface area contributed by atoms with Crippen molar-refractivity contribution < 1.29 is 0 Å². The van der Waals surface area contributed by atoms with E-state index in [4.69, 9.17) is 4.98 Å². The van der Waals surface area contributed by atoms with E-state index in [-0.39, 0.29) is 0 Å². The summed E-state index contributed by atoms with van der Waals surface area (Å²) in [5.41, 5.74) is 2.64. The molecule has 1 aliphatic carbocycles. The minimum Gasteiger partial charge on any atom is -0.296 e. The molecular weight excluding hydrogens is 260 g/mol. The average Bonchev–Trinajstić information content (AvgIpc) is 3.11. The Kier molecular flexibility index (Phi) is 3.26. The third kappa shape index (κ3) is 2.72. The van der Waals surface area contributed by atoms with Crippen molar-refractivity contribution in [3.8, 4) is 11.4 Å².